The molecule has 1 aliphatic carbocycles. The van der Waals surface area contributed by atoms with Crippen molar-refractivity contribution in [1.82, 2.24) is 10.2 Å². The van der Waals surface area contributed by atoms with Gasteiger partial charge in [-0.05, 0) is 32.6 Å². The summed E-state index contributed by atoms with van der Waals surface area (Å²) >= 11 is 0. The van der Waals surface area contributed by atoms with Crippen LogP contribution in [0.1, 0.15) is 52.4 Å². The molecule has 0 aromatic carbocycles. The number of carbonyl (C=O) groups is 1. The zero-order valence-corrected chi connectivity index (χ0v) is 11.2. The Labute approximate surface area is 105 Å². The van der Waals surface area contributed by atoms with Crippen molar-refractivity contribution in [3.8, 4) is 0 Å². The van der Waals surface area contributed by atoms with Crippen LogP contribution in [0.4, 0.5) is 0 Å². The molecule has 2 aliphatic rings. The van der Waals surface area contributed by atoms with E-state index in [0.29, 0.717) is 23.9 Å². The van der Waals surface area contributed by atoms with Crippen LogP contribution in [0.5, 0.6) is 0 Å². The Balaban J connectivity index is 1.85. The lowest BCUT2D eigenvalue weighted by atomic mass is 9.86. The lowest BCUT2D eigenvalue weighted by Crippen LogP contribution is -2.57. The van der Waals surface area contributed by atoms with Crippen molar-refractivity contribution in [2.45, 2.75) is 64.5 Å². The monoisotopic (exact) mass is 238 g/mol. The van der Waals surface area contributed by atoms with Gasteiger partial charge in [-0.15, -0.1) is 0 Å². The van der Waals surface area contributed by atoms with Crippen molar-refractivity contribution < 1.29 is 4.79 Å². The van der Waals surface area contributed by atoms with Gasteiger partial charge in [0.2, 0.25) is 5.91 Å². The molecule has 0 aromatic rings. The van der Waals surface area contributed by atoms with Gasteiger partial charge in [0.25, 0.3) is 0 Å². The molecular weight excluding hydrogens is 212 g/mol. The maximum absolute atomic E-state index is 12.3. The molecule has 17 heavy (non-hydrogen) atoms. The second kappa shape index (κ2) is 5.85. The average Bonchev–Trinajstić information content (AvgIpc) is 2.34. The molecule has 0 spiro atoms. The normalized spacial score (nSPS) is 31.5. The van der Waals surface area contributed by atoms with Gasteiger partial charge in [-0.25, -0.2) is 0 Å². The number of nitrogens with one attached hydrogen (secondary N) is 1. The molecule has 1 amide bonds. The Hall–Kier alpha value is -0.570. The highest BCUT2D eigenvalue weighted by atomic mass is 16.2. The zero-order chi connectivity index (χ0) is 12.3. The topological polar surface area (TPSA) is 32.3 Å². The highest BCUT2D eigenvalue weighted by Crippen LogP contribution is 2.27. The quantitative estimate of drug-likeness (QED) is 0.799. The fourth-order valence-electron chi connectivity index (χ4n) is 3.16. The fraction of sp³-hybridized carbons (Fsp3) is 0.929. The van der Waals surface area contributed by atoms with E-state index in [2.05, 4.69) is 24.1 Å². The second-order valence-corrected chi connectivity index (χ2v) is 5.78. The summed E-state index contributed by atoms with van der Waals surface area (Å²) < 4.78 is 0. The lowest BCUT2D eigenvalue weighted by molar-refractivity contribution is -0.136. The van der Waals surface area contributed by atoms with E-state index in [1.165, 1.54) is 32.1 Å². The maximum Gasteiger partial charge on any atom is 0.223 e. The van der Waals surface area contributed by atoms with E-state index >= 15 is 0 Å². The van der Waals surface area contributed by atoms with Crippen molar-refractivity contribution in [2.75, 3.05) is 13.1 Å². The Morgan fingerprint density at radius 2 is 1.94 bits per heavy atom. The summed E-state index contributed by atoms with van der Waals surface area (Å²) in [6.45, 7) is 6.17. The first-order valence-electron chi connectivity index (χ1n) is 7.21. The van der Waals surface area contributed by atoms with Gasteiger partial charge in [0.05, 0.1) is 0 Å². The predicted molar refractivity (Wildman–Crippen MR) is 69.8 cm³/mol. The van der Waals surface area contributed by atoms with Crippen LogP contribution >= 0.6 is 0 Å². The Morgan fingerprint density at radius 1 is 1.24 bits per heavy atom. The molecule has 2 fully saturated rings. The number of piperazine rings is 1. The molecule has 1 heterocycles. The molecule has 1 saturated heterocycles. The first-order chi connectivity index (χ1) is 8.18. The SMILES string of the molecule is CC1NCCN(C(=O)CC2CCCCC2)C1C. The highest BCUT2D eigenvalue weighted by Gasteiger charge is 2.29. The largest absolute Gasteiger partial charge is 0.337 e. The van der Waals surface area contributed by atoms with Gasteiger partial charge in [-0.2, -0.15) is 0 Å². The standard InChI is InChI=1S/C14H26N2O/c1-11-12(2)16(9-8-15-11)14(17)10-13-6-4-3-5-7-13/h11-13,15H,3-10H2,1-2H3. The third-order valence-corrected chi connectivity index (χ3v) is 4.54. The molecule has 0 aromatic heterocycles. The molecule has 1 saturated carbocycles. The Bertz CT molecular complexity index is 261. The van der Waals surface area contributed by atoms with Gasteiger partial charge in [-0.1, -0.05) is 19.3 Å². The maximum atomic E-state index is 12.3. The lowest BCUT2D eigenvalue weighted by Gasteiger charge is -2.39. The molecule has 2 unspecified atom stereocenters. The molecular formula is C14H26N2O. The van der Waals surface area contributed by atoms with E-state index < -0.39 is 0 Å². The van der Waals surface area contributed by atoms with E-state index in [1.54, 1.807) is 0 Å². The first kappa shape index (κ1) is 12.9. The van der Waals surface area contributed by atoms with Crippen molar-refractivity contribution >= 4 is 5.91 Å². The third kappa shape index (κ3) is 3.21. The number of carbonyl (C=O) groups excluding carboxylic acids is 1. The molecule has 0 radical (unpaired) electrons. The summed E-state index contributed by atoms with van der Waals surface area (Å²) in [6.07, 6.45) is 7.34. The Morgan fingerprint density at radius 3 is 2.65 bits per heavy atom. The minimum absolute atomic E-state index is 0.347. The Kier molecular flexibility index (Phi) is 4.43. The van der Waals surface area contributed by atoms with Crippen LogP contribution in [0, 0.1) is 5.92 Å². The number of nitrogens with zero attached hydrogens (tertiary/aromatic N) is 1. The average molecular weight is 238 g/mol. The van der Waals surface area contributed by atoms with Crippen LogP contribution in [-0.2, 0) is 4.79 Å². The summed E-state index contributed by atoms with van der Waals surface area (Å²) in [6, 6.07) is 0.777. The minimum atomic E-state index is 0.347. The zero-order valence-electron chi connectivity index (χ0n) is 11.2. The van der Waals surface area contributed by atoms with E-state index in [9.17, 15) is 4.79 Å². The van der Waals surface area contributed by atoms with Crippen LogP contribution in [-0.4, -0.2) is 36.0 Å². The summed E-state index contributed by atoms with van der Waals surface area (Å²) in [5.41, 5.74) is 0. The first-order valence-corrected chi connectivity index (χ1v) is 7.21. The highest BCUT2D eigenvalue weighted by molar-refractivity contribution is 5.77. The smallest absolute Gasteiger partial charge is 0.223 e. The van der Waals surface area contributed by atoms with Crippen LogP contribution in [0.15, 0.2) is 0 Å². The molecule has 3 heteroatoms. The van der Waals surface area contributed by atoms with E-state index in [-0.39, 0.29) is 0 Å². The van der Waals surface area contributed by atoms with Crippen LogP contribution in [0.3, 0.4) is 0 Å². The van der Waals surface area contributed by atoms with Gasteiger partial charge in [-0.3, -0.25) is 4.79 Å². The summed E-state index contributed by atoms with van der Waals surface area (Å²) in [4.78, 5) is 14.4. The number of amides is 1. The van der Waals surface area contributed by atoms with Gasteiger partial charge in [0.15, 0.2) is 0 Å². The van der Waals surface area contributed by atoms with Crippen molar-refractivity contribution in [3.05, 3.63) is 0 Å². The number of hydrogen-bond acceptors (Lipinski definition) is 2. The van der Waals surface area contributed by atoms with E-state index in [0.717, 1.165) is 19.5 Å². The molecule has 3 nitrogen and oxygen atoms in total. The minimum Gasteiger partial charge on any atom is -0.337 e. The van der Waals surface area contributed by atoms with Gasteiger partial charge in [0.1, 0.15) is 0 Å². The third-order valence-electron chi connectivity index (χ3n) is 4.54. The number of hydrogen-bond donors (Lipinski definition) is 1. The van der Waals surface area contributed by atoms with Crippen LogP contribution < -0.4 is 5.32 Å². The molecule has 98 valence electrons. The molecule has 2 atom stereocenters. The van der Waals surface area contributed by atoms with Crippen molar-refractivity contribution in [1.29, 1.82) is 0 Å². The molecule has 1 N–H and O–H groups in total. The second-order valence-electron chi connectivity index (χ2n) is 5.78. The summed E-state index contributed by atoms with van der Waals surface area (Å²) in [5.74, 6) is 1.05. The van der Waals surface area contributed by atoms with Gasteiger partial charge in [0, 0.05) is 31.6 Å². The molecule has 1 aliphatic heterocycles. The van der Waals surface area contributed by atoms with Crippen LogP contribution in [0.25, 0.3) is 0 Å². The summed E-state index contributed by atoms with van der Waals surface area (Å²) in [7, 11) is 0. The van der Waals surface area contributed by atoms with Crippen molar-refractivity contribution in [3.63, 3.8) is 0 Å². The van der Waals surface area contributed by atoms with E-state index in [4.69, 9.17) is 0 Å². The fourth-order valence-corrected chi connectivity index (χ4v) is 3.16. The van der Waals surface area contributed by atoms with Crippen molar-refractivity contribution in [2.24, 2.45) is 5.92 Å². The van der Waals surface area contributed by atoms with Gasteiger partial charge >= 0.3 is 0 Å². The molecule has 2 rings (SSSR count). The van der Waals surface area contributed by atoms with E-state index in [1.807, 2.05) is 0 Å². The molecule has 0 bridgehead atoms. The van der Waals surface area contributed by atoms with Gasteiger partial charge < -0.3 is 10.2 Å². The predicted octanol–water partition coefficient (Wildman–Crippen LogP) is 2.17. The van der Waals surface area contributed by atoms with Crippen LogP contribution in [0.2, 0.25) is 0 Å². The number of rotatable bonds is 2. The summed E-state index contributed by atoms with van der Waals surface area (Å²) in [5, 5.41) is 3.43.